The van der Waals surface area contributed by atoms with Crippen LogP contribution in [0.1, 0.15) is 88.0 Å². The Bertz CT molecular complexity index is 298. The molecule has 0 radical (unpaired) electrons. The molecule has 0 aromatic heterocycles. The molecule has 0 heteroatoms. The van der Waals surface area contributed by atoms with E-state index in [2.05, 4.69) is 34.6 Å². The summed E-state index contributed by atoms with van der Waals surface area (Å²) >= 11 is 0. The quantitative estimate of drug-likeness (QED) is 0.493. The Hall–Kier alpha value is -0.780. The van der Waals surface area contributed by atoms with Crippen LogP contribution in [0.3, 0.4) is 0 Å². The zero-order valence-electron chi connectivity index (χ0n) is 16.9. The fourth-order valence-electron chi connectivity index (χ4n) is 3.81. The second kappa shape index (κ2) is 12.7. The van der Waals surface area contributed by atoms with Gasteiger partial charge in [-0.2, -0.15) is 0 Å². The van der Waals surface area contributed by atoms with E-state index in [0.717, 1.165) is 5.92 Å². The van der Waals surface area contributed by atoms with E-state index in [0.29, 0.717) is 10.8 Å². The van der Waals surface area contributed by atoms with Crippen LogP contribution in [0.15, 0.2) is 36.4 Å². The topological polar surface area (TPSA) is 0 Å². The highest BCUT2D eigenvalue weighted by Gasteiger charge is 2.38. The lowest BCUT2D eigenvalue weighted by Crippen LogP contribution is -2.34. The van der Waals surface area contributed by atoms with Gasteiger partial charge in [-0.1, -0.05) is 105 Å². The van der Waals surface area contributed by atoms with Gasteiger partial charge in [0.1, 0.15) is 0 Å². The molecule has 1 saturated carbocycles. The largest absolute Gasteiger partial charge is 0.0683 e. The van der Waals surface area contributed by atoms with E-state index in [-0.39, 0.29) is 0 Å². The molecule has 2 unspecified atom stereocenters. The number of rotatable bonds is 1. The van der Waals surface area contributed by atoms with Crippen molar-refractivity contribution in [2.75, 3.05) is 0 Å². The standard InChI is InChI=1S/C12H24.C6H6.2C2H6/c1-6-12(5)8-10(2)7-11(3,4)9-12;1-2-4-6-5-3-1;2*1-2/h10H,6-9H2,1-5H3;1-6H;2*1-2H3. The lowest BCUT2D eigenvalue weighted by Gasteiger charge is -2.45. The van der Waals surface area contributed by atoms with Gasteiger partial charge in [0.2, 0.25) is 0 Å². The van der Waals surface area contributed by atoms with E-state index in [1.165, 1.54) is 25.7 Å². The van der Waals surface area contributed by atoms with E-state index < -0.39 is 0 Å². The number of benzene rings is 1. The first kappa shape index (κ1) is 23.5. The Balaban J connectivity index is 0. The molecule has 1 aromatic carbocycles. The maximum absolute atomic E-state index is 2.46. The van der Waals surface area contributed by atoms with Crippen molar-refractivity contribution in [2.24, 2.45) is 16.7 Å². The van der Waals surface area contributed by atoms with Crippen LogP contribution in [-0.4, -0.2) is 0 Å². The molecule has 0 saturated heterocycles. The first-order chi connectivity index (χ1) is 10.4. The molecule has 1 aromatic rings. The van der Waals surface area contributed by atoms with Crippen molar-refractivity contribution in [2.45, 2.75) is 88.0 Å². The van der Waals surface area contributed by atoms with Gasteiger partial charge in [-0.15, -0.1) is 0 Å². The summed E-state index contributed by atoms with van der Waals surface area (Å²) in [4.78, 5) is 0. The van der Waals surface area contributed by atoms with Gasteiger partial charge >= 0.3 is 0 Å². The van der Waals surface area contributed by atoms with Gasteiger partial charge in [-0.25, -0.2) is 0 Å². The highest BCUT2D eigenvalue weighted by Crippen LogP contribution is 2.49. The summed E-state index contributed by atoms with van der Waals surface area (Å²) < 4.78 is 0. The maximum Gasteiger partial charge on any atom is -0.0321 e. The smallest absolute Gasteiger partial charge is 0.0321 e. The SMILES string of the molecule is CC.CC.CCC1(C)CC(C)CC(C)(C)C1.c1ccccc1. The van der Waals surface area contributed by atoms with Crippen LogP contribution < -0.4 is 0 Å². The summed E-state index contributed by atoms with van der Waals surface area (Å²) in [6.07, 6.45) is 5.62. The summed E-state index contributed by atoms with van der Waals surface area (Å²) in [5.41, 5.74) is 1.21. The fourth-order valence-corrected chi connectivity index (χ4v) is 3.81. The van der Waals surface area contributed by atoms with E-state index in [9.17, 15) is 0 Å². The van der Waals surface area contributed by atoms with Gasteiger partial charge < -0.3 is 0 Å². The summed E-state index contributed by atoms with van der Waals surface area (Å²) in [7, 11) is 0. The number of hydrogen-bond donors (Lipinski definition) is 0. The van der Waals surface area contributed by atoms with Gasteiger partial charge in [0.15, 0.2) is 0 Å². The van der Waals surface area contributed by atoms with Crippen LogP contribution >= 0.6 is 0 Å². The maximum atomic E-state index is 2.46. The van der Waals surface area contributed by atoms with Crippen LogP contribution in [0.25, 0.3) is 0 Å². The van der Waals surface area contributed by atoms with E-state index in [1.54, 1.807) is 0 Å². The first-order valence-corrected chi connectivity index (χ1v) is 9.37. The van der Waals surface area contributed by atoms with E-state index in [1.807, 2.05) is 64.1 Å². The fraction of sp³-hybridized carbons (Fsp3) is 0.727. The summed E-state index contributed by atoms with van der Waals surface area (Å²) in [5, 5.41) is 0. The van der Waals surface area contributed by atoms with Crippen molar-refractivity contribution in [3.8, 4) is 0 Å². The lowest BCUT2D eigenvalue weighted by molar-refractivity contribution is 0.0582. The van der Waals surface area contributed by atoms with Gasteiger partial charge in [-0.3, -0.25) is 0 Å². The molecule has 1 aliphatic carbocycles. The Kier molecular flexibility index (Phi) is 13.6. The summed E-state index contributed by atoms with van der Waals surface area (Å²) in [5.74, 6) is 0.929. The summed E-state index contributed by atoms with van der Waals surface area (Å²) in [6.45, 7) is 20.1. The van der Waals surface area contributed by atoms with Crippen LogP contribution in [-0.2, 0) is 0 Å². The first-order valence-electron chi connectivity index (χ1n) is 9.37. The molecule has 0 bridgehead atoms. The molecule has 0 aliphatic heterocycles. The third-order valence-corrected chi connectivity index (χ3v) is 4.17. The molecule has 2 atom stereocenters. The van der Waals surface area contributed by atoms with Crippen molar-refractivity contribution in [3.05, 3.63) is 36.4 Å². The molecule has 2 rings (SSSR count). The normalized spacial score (nSPS) is 25.2. The van der Waals surface area contributed by atoms with Crippen LogP contribution in [0.2, 0.25) is 0 Å². The molecule has 0 spiro atoms. The van der Waals surface area contributed by atoms with Crippen LogP contribution in [0.5, 0.6) is 0 Å². The molecule has 0 heterocycles. The number of hydrogen-bond acceptors (Lipinski definition) is 0. The Morgan fingerprint density at radius 1 is 0.773 bits per heavy atom. The summed E-state index contributed by atoms with van der Waals surface area (Å²) in [6, 6.07) is 12.0. The van der Waals surface area contributed by atoms with E-state index in [4.69, 9.17) is 0 Å². The molecule has 1 aliphatic rings. The minimum atomic E-state index is 0.586. The Labute approximate surface area is 141 Å². The van der Waals surface area contributed by atoms with Crippen LogP contribution in [0, 0.1) is 16.7 Å². The molecular weight excluding hydrogens is 264 g/mol. The third kappa shape index (κ3) is 10.9. The molecule has 0 N–H and O–H groups in total. The lowest BCUT2D eigenvalue weighted by atomic mass is 9.60. The highest BCUT2D eigenvalue weighted by atomic mass is 14.4. The van der Waals surface area contributed by atoms with E-state index >= 15 is 0 Å². The highest BCUT2D eigenvalue weighted by molar-refractivity contribution is 4.99. The van der Waals surface area contributed by atoms with Gasteiger partial charge in [0.05, 0.1) is 0 Å². The van der Waals surface area contributed by atoms with Crippen molar-refractivity contribution in [1.29, 1.82) is 0 Å². The molecule has 0 nitrogen and oxygen atoms in total. The predicted octanol–water partition coefficient (Wildman–Crippen LogP) is 7.99. The zero-order chi connectivity index (χ0) is 17.6. The molecule has 1 fully saturated rings. The third-order valence-electron chi connectivity index (χ3n) is 4.17. The monoisotopic (exact) mass is 306 g/mol. The Morgan fingerprint density at radius 2 is 1.14 bits per heavy atom. The van der Waals surface area contributed by atoms with Crippen molar-refractivity contribution >= 4 is 0 Å². The molecule has 130 valence electrons. The molecule has 22 heavy (non-hydrogen) atoms. The second-order valence-corrected chi connectivity index (χ2v) is 7.17. The Morgan fingerprint density at radius 3 is 1.41 bits per heavy atom. The minimum Gasteiger partial charge on any atom is -0.0683 e. The van der Waals surface area contributed by atoms with Crippen molar-refractivity contribution in [3.63, 3.8) is 0 Å². The molecule has 0 amide bonds. The zero-order valence-corrected chi connectivity index (χ0v) is 16.9. The average molecular weight is 307 g/mol. The second-order valence-electron chi connectivity index (χ2n) is 7.17. The molecular formula is C22H42. The van der Waals surface area contributed by atoms with Gasteiger partial charge in [0, 0.05) is 0 Å². The van der Waals surface area contributed by atoms with Crippen molar-refractivity contribution < 1.29 is 0 Å². The van der Waals surface area contributed by atoms with Gasteiger partial charge in [0.25, 0.3) is 0 Å². The van der Waals surface area contributed by atoms with Crippen molar-refractivity contribution in [1.82, 2.24) is 0 Å². The minimum absolute atomic E-state index is 0.586. The predicted molar refractivity (Wildman–Crippen MR) is 104 cm³/mol. The van der Waals surface area contributed by atoms with Crippen LogP contribution in [0.4, 0.5) is 0 Å². The average Bonchev–Trinajstić information content (AvgIpc) is 2.51. The van der Waals surface area contributed by atoms with Gasteiger partial charge in [-0.05, 0) is 36.0 Å².